The summed E-state index contributed by atoms with van der Waals surface area (Å²) in [7, 11) is 1.33. The molecule has 0 unspecified atom stereocenters. The van der Waals surface area contributed by atoms with Crippen molar-refractivity contribution >= 4 is 12.1 Å². The fourth-order valence-corrected chi connectivity index (χ4v) is 0.803. The maximum absolute atomic E-state index is 11.2. The van der Waals surface area contributed by atoms with E-state index in [4.69, 9.17) is 4.74 Å². The Hall–Kier alpha value is -1.52. The lowest BCUT2D eigenvalue weighted by atomic mass is 10.2. The Labute approximate surface area is 95.8 Å². The maximum atomic E-state index is 11.2. The molecule has 1 amide bonds. The second-order valence-corrected chi connectivity index (χ2v) is 4.13. The van der Waals surface area contributed by atoms with E-state index in [1.807, 2.05) is 0 Å². The molecule has 0 aromatic rings. The molecule has 1 N–H and O–H groups in total. The second kappa shape index (κ2) is 6.87. The molecule has 0 heterocycles. The zero-order chi connectivity index (χ0) is 12.6. The molecule has 0 saturated carbocycles. The van der Waals surface area contributed by atoms with Crippen LogP contribution in [0.2, 0.25) is 0 Å². The molecule has 0 aromatic heterocycles. The van der Waals surface area contributed by atoms with Gasteiger partial charge in [0.1, 0.15) is 5.60 Å². The fourth-order valence-electron chi connectivity index (χ4n) is 0.803. The van der Waals surface area contributed by atoms with Gasteiger partial charge in [-0.2, -0.15) is 0 Å². The number of alkyl carbamates (subject to hydrolysis) is 1. The number of nitrogens with one attached hydrogen (secondary N) is 1. The van der Waals surface area contributed by atoms with Gasteiger partial charge in [0.25, 0.3) is 0 Å². The highest BCUT2D eigenvalue weighted by Crippen LogP contribution is 2.06. The Morgan fingerprint density at radius 2 is 1.88 bits per heavy atom. The fraction of sp³-hybridized carbons (Fsp3) is 0.636. The molecule has 0 rings (SSSR count). The number of carbonyl (C=O) groups excluding carboxylic acids is 2. The standard InChI is InChI=1S/C11H19NO4/c1-11(2,3)16-10(14)12-8-6-5-7-9(13)15-4/h5-6H,7-8H2,1-4H3,(H,12,14)/b6-5-. The average Bonchev–Trinajstić information content (AvgIpc) is 2.14. The summed E-state index contributed by atoms with van der Waals surface area (Å²) in [5.41, 5.74) is -0.500. The van der Waals surface area contributed by atoms with Crippen LogP contribution in [0.1, 0.15) is 27.2 Å². The smallest absolute Gasteiger partial charge is 0.407 e. The second-order valence-electron chi connectivity index (χ2n) is 4.13. The summed E-state index contributed by atoms with van der Waals surface area (Å²) < 4.78 is 9.45. The molecule has 5 nitrogen and oxygen atoms in total. The SMILES string of the molecule is COC(=O)C/C=C\CNC(=O)OC(C)(C)C. The summed E-state index contributed by atoms with van der Waals surface area (Å²) >= 11 is 0. The molecule has 0 spiro atoms. The third kappa shape index (κ3) is 9.05. The van der Waals surface area contributed by atoms with Gasteiger partial charge in [0, 0.05) is 6.54 Å². The van der Waals surface area contributed by atoms with E-state index in [0.717, 1.165) is 0 Å². The summed E-state index contributed by atoms with van der Waals surface area (Å²) in [6.45, 7) is 5.70. The third-order valence-electron chi connectivity index (χ3n) is 1.44. The summed E-state index contributed by atoms with van der Waals surface area (Å²) in [5.74, 6) is -0.312. The van der Waals surface area contributed by atoms with Crippen molar-refractivity contribution in [3.63, 3.8) is 0 Å². The molecule has 0 bridgehead atoms. The lowest BCUT2D eigenvalue weighted by Gasteiger charge is -2.19. The zero-order valence-corrected chi connectivity index (χ0v) is 10.2. The minimum absolute atomic E-state index is 0.201. The van der Waals surface area contributed by atoms with E-state index in [2.05, 4.69) is 10.1 Å². The summed E-state index contributed by atoms with van der Waals surface area (Å²) in [4.78, 5) is 21.9. The molecule has 0 aliphatic rings. The van der Waals surface area contributed by atoms with Crippen LogP contribution >= 0.6 is 0 Å². The van der Waals surface area contributed by atoms with Crippen LogP contribution in [0.3, 0.4) is 0 Å². The van der Waals surface area contributed by atoms with Gasteiger partial charge in [-0.3, -0.25) is 4.79 Å². The van der Waals surface area contributed by atoms with Gasteiger partial charge in [-0.15, -0.1) is 0 Å². The van der Waals surface area contributed by atoms with Crippen molar-refractivity contribution in [2.24, 2.45) is 0 Å². The van der Waals surface area contributed by atoms with Crippen molar-refractivity contribution in [2.75, 3.05) is 13.7 Å². The average molecular weight is 229 g/mol. The molecule has 0 aliphatic carbocycles. The molecule has 0 radical (unpaired) electrons. The van der Waals surface area contributed by atoms with Crippen LogP contribution in [-0.2, 0) is 14.3 Å². The van der Waals surface area contributed by atoms with Gasteiger partial charge in [-0.1, -0.05) is 12.2 Å². The van der Waals surface area contributed by atoms with Crippen LogP contribution < -0.4 is 5.32 Å². The van der Waals surface area contributed by atoms with Crippen LogP contribution in [0, 0.1) is 0 Å². The summed E-state index contributed by atoms with van der Waals surface area (Å²) in [5, 5.41) is 2.53. The number of hydrogen-bond donors (Lipinski definition) is 1. The van der Waals surface area contributed by atoms with Crippen molar-refractivity contribution in [1.29, 1.82) is 0 Å². The predicted octanol–water partition coefficient (Wildman–Crippen LogP) is 1.63. The van der Waals surface area contributed by atoms with Crippen LogP contribution in [0.5, 0.6) is 0 Å². The Morgan fingerprint density at radius 1 is 1.25 bits per heavy atom. The Kier molecular flexibility index (Phi) is 6.22. The summed E-state index contributed by atoms with van der Waals surface area (Å²) in [6, 6.07) is 0. The van der Waals surface area contributed by atoms with E-state index in [-0.39, 0.29) is 12.4 Å². The Morgan fingerprint density at radius 3 is 2.38 bits per heavy atom. The molecule has 16 heavy (non-hydrogen) atoms. The first-order chi connectivity index (χ1) is 7.35. The topological polar surface area (TPSA) is 64.6 Å². The van der Waals surface area contributed by atoms with Crippen molar-refractivity contribution in [2.45, 2.75) is 32.8 Å². The molecule has 0 aliphatic heterocycles. The number of carbonyl (C=O) groups is 2. The molecule has 0 fully saturated rings. The van der Waals surface area contributed by atoms with E-state index < -0.39 is 11.7 Å². The first kappa shape index (κ1) is 14.5. The number of amides is 1. The normalized spacial score (nSPS) is 11.2. The van der Waals surface area contributed by atoms with Crippen LogP contribution in [0.25, 0.3) is 0 Å². The van der Waals surface area contributed by atoms with E-state index in [0.29, 0.717) is 6.54 Å². The Balaban J connectivity index is 3.66. The molecule has 92 valence electrons. The number of hydrogen-bond acceptors (Lipinski definition) is 4. The highest BCUT2D eigenvalue weighted by atomic mass is 16.6. The number of rotatable bonds is 4. The molecule has 0 saturated heterocycles. The van der Waals surface area contributed by atoms with Gasteiger partial charge in [0.15, 0.2) is 0 Å². The van der Waals surface area contributed by atoms with E-state index >= 15 is 0 Å². The van der Waals surface area contributed by atoms with E-state index in [1.165, 1.54) is 7.11 Å². The first-order valence-electron chi connectivity index (χ1n) is 5.04. The van der Waals surface area contributed by atoms with Crippen molar-refractivity contribution < 1.29 is 19.1 Å². The first-order valence-corrected chi connectivity index (χ1v) is 5.04. The van der Waals surface area contributed by atoms with Crippen LogP contribution in [-0.4, -0.2) is 31.3 Å². The number of esters is 1. The lowest BCUT2D eigenvalue weighted by molar-refractivity contribution is -0.139. The number of ether oxygens (including phenoxy) is 2. The minimum atomic E-state index is -0.500. The van der Waals surface area contributed by atoms with Crippen LogP contribution in [0.15, 0.2) is 12.2 Å². The van der Waals surface area contributed by atoms with Crippen LogP contribution in [0.4, 0.5) is 4.79 Å². The molecule has 0 aromatic carbocycles. The van der Waals surface area contributed by atoms with E-state index in [9.17, 15) is 9.59 Å². The van der Waals surface area contributed by atoms with Gasteiger partial charge < -0.3 is 14.8 Å². The minimum Gasteiger partial charge on any atom is -0.469 e. The Bertz CT molecular complexity index is 266. The van der Waals surface area contributed by atoms with Crippen molar-refractivity contribution in [3.8, 4) is 0 Å². The van der Waals surface area contributed by atoms with E-state index in [1.54, 1.807) is 32.9 Å². The van der Waals surface area contributed by atoms with Gasteiger partial charge in [0.05, 0.1) is 13.5 Å². The van der Waals surface area contributed by atoms with Gasteiger partial charge in [-0.05, 0) is 20.8 Å². The summed E-state index contributed by atoms with van der Waals surface area (Å²) in [6.07, 6.45) is 3.02. The quantitative estimate of drug-likeness (QED) is 0.588. The third-order valence-corrected chi connectivity index (χ3v) is 1.44. The maximum Gasteiger partial charge on any atom is 0.407 e. The zero-order valence-electron chi connectivity index (χ0n) is 10.2. The molecular weight excluding hydrogens is 210 g/mol. The van der Waals surface area contributed by atoms with Crippen molar-refractivity contribution in [1.82, 2.24) is 5.32 Å². The molecule has 0 atom stereocenters. The lowest BCUT2D eigenvalue weighted by Crippen LogP contribution is -2.32. The van der Waals surface area contributed by atoms with Gasteiger partial charge in [-0.25, -0.2) is 4.79 Å². The molecule has 5 heteroatoms. The highest BCUT2D eigenvalue weighted by Gasteiger charge is 2.14. The molecular formula is C11H19NO4. The highest BCUT2D eigenvalue weighted by molar-refractivity contribution is 5.71. The monoisotopic (exact) mass is 229 g/mol. The van der Waals surface area contributed by atoms with Gasteiger partial charge in [0.2, 0.25) is 0 Å². The van der Waals surface area contributed by atoms with Crippen molar-refractivity contribution in [3.05, 3.63) is 12.2 Å². The largest absolute Gasteiger partial charge is 0.469 e. The predicted molar refractivity (Wildman–Crippen MR) is 60.0 cm³/mol. The van der Waals surface area contributed by atoms with Gasteiger partial charge >= 0.3 is 12.1 Å². The number of methoxy groups -OCH3 is 1.